The van der Waals surface area contributed by atoms with Crippen LogP contribution in [0, 0.1) is 0 Å². The summed E-state index contributed by atoms with van der Waals surface area (Å²) in [5, 5.41) is 0. The fourth-order valence-corrected chi connectivity index (χ4v) is 27.8. The van der Waals surface area contributed by atoms with E-state index in [0.717, 1.165) is 28.1 Å². The van der Waals surface area contributed by atoms with Gasteiger partial charge in [-0.2, -0.15) is 0 Å². The van der Waals surface area contributed by atoms with E-state index in [-0.39, 0.29) is 0 Å². The molecular formula is C43H36O4SSn. The van der Waals surface area contributed by atoms with Gasteiger partial charge in [0.1, 0.15) is 0 Å². The maximum atomic E-state index is 14.4. The fourth-order valence-electron chi connectivity index (χ4n) is 5.80. The van der Waals surface area contributed by atoms with Crippen molar-refractivity contribution in [3.8, 4) is 0 Å². The van der Waals surface area contributed by atoms with Crippen LogP contribution in [-0.4, -0.2) is 34.5 Å². The first-order valence-corrected chi connectivity index (χ1v) is 23.7. The molecule has 49 heavy (non-hydrogen) atoms. The van der Waals surface area contributed by atoms with Crippen molar-refractivity contribution in [3.63, 3.8) is 0 Å². The van der Waals surface area contributed by atoms with Gasteiger partial charge in [-0.15, -0.1) is 0 Å². The van der Waals surface area contributed by atoms with Gasteiger partial charge in [0.2, 0.25) is 0 Å². The molecule has 6 rings (SSSR count). The molecule has 0 N–H and O–H groups in total. The van der Waals surface area contributed by atoms with E-state index >= 15 is 0 Å². The summed E-state index contributed by atoms with van der Waals surface area (Å²) in [4.78, 5) is 30.4. The van der Waals surface area contributed by atoms with E-state index < -0.39 is 41.0 Å². The van der Waals surface area contributed by atoms with Crippen molar-refractivity contribution in [1.82, 2.24) is 0 Å². The van der Waals surface area contributed by atoms with Crippen LogP contribution in [0.4, 0.5) is 0 Å². The van der Waals surface area contributed by atoms with Gasteiger partial charge in [0.05, 0.1) is 0 Å². The van der Waals surface area contributed by atoms with E-state index in [2.05, 4.69) is 13.2 Å². The monoisotopic (exact) mass is 768 g/mol. The molecule has 0 aliphatic carbocycles. The third-order valence-electron chi connectivity index (χ3n) is 8.38. The van der Waals surface area contributed by atoms with Crippen LogP contribution < -0.4 is 7.16 Å². The SMILES string of the molecule is C=Cc1ccc(C(=O)OS([CH2][Sn]([O]C(=O)c2ccc(C=C)cc2)([c]2ccccc2)[c]2ccccc2)(c2ccccc2)c2ccccc2)cc1. The van der Waals surface area contributed by atoms with Crippen LogP contribution in [-0.2, 0) is 7.26 Å². The number of carbonyl (C=O) groups excluding carboxylic acids is 2. The Hall–Kier alpha value is -5.11. The van der Waals surface area contributed by atoms with Crippen LogP contribution in [0.1, 0.15) is 31.8 Å². The van der Waals surface area contributed by atoms with E-state index in [4.69, 9.17) is 7.26 Å². The Morgan fingerprint density at radius 1 is 0.510 bits per heavy atom. The minimum atomic E-state index is -4.76. The summed E-state index contributed by atoms with van der Waals surface area (Å²) >= 11 is -4.76. The van der Waals surface area contributed by atoms with Gasteiger partial charge in [-0.25, -0.2) is 0 Å². The van der Waals surface area contributed by atoms with Crippen molar-refractivity contribution in [2.75, 3.05) is 3.77 Å². The Bertz CT molecular complexity index is 1800. The third-order valence-corrected chi connectivity index (χ3v) is 27.4. The first kappa shape index (κ1) is 33.8. The molecule has 0 bridgehead atoms. The molecule has 0 aromatic heterocycles. The van der Waals surface area contributed by atoms with Gasteiger partial charge in [0.25, 0.3) is 0 Å². The number of hydrogen-bond acceptors (Lipinski definition) is 4. The van der Waals surface area contributed by atoms with Crippen LogP contribution in [0.25, 0.3) is 12.2 Å². The van der Waals surface area contributed by atoms with Gasteiger partial charge in [-0.1, -0.05) is 0 Å². The average Bonchev–Trinajstić information content (AvgIpc) is 3.18. The Kier molecular flexibility index (Phi) is 10.6. The normalized spacial score (nSPS) is 11.6. The standard InChI is InChI=1S/C22H19O2S.C9H8O2.2C6H5.Sn/c1-3-18-14-16-19(17-15-18)22(23)24-25(2,20-10-6-4-7-11-20)21-12-8-5-9-13-21;1-2-7-3-5-8(6-4-7)9(10)11;2*1-2-4-6-5-3-1;/h3-17H,1-2H2;2-6H,1H2,(H,10,11);2*1-5H;/q;;;;+1/p-1. The summed E-state index contributed by atoms with van der Waals surface area (Å²) in [6.07, 6.45) is 3.48. The molecule has 4 nitrogen and oxygen atoms in total. The molecule has 0 saturated heterocycles. The molecular weight excluding hydrogens is 731 g/mol. The molecule has 6 aromatic rings. The minimum absolute atomic E-state index is 0.316. The molecule has 6 heteroatoms. The van der Waals surface area contributed by atoms with Crippen molar-refractivity contribution >= 4 is 60.3 Å². The van der Waals surface area contributed by atoms with Gasteiger partial charge in [-0.3, -0.25) is 0 Å². The second-order valence-corrected chi connectivity index (χ2v) is 25.2. The van der Waals surface area contributed by atoms with E-state index in [1.807, 2.05) is 146 Å². The molecule has 242 valence electrons. The van der Waals surface area contributed by atoms with Crippen LogP contribution in [0.5, 0.6) is 0 Å². The summed E-state index contributed by atoms with van der Waals surface area (Å²) < 4.78 is 16.2. The maximum absolute atomic E-state index is 14.4. The Labute approximate surface area is 294 Å². The molecule has 0 aliphatic rings. The zero-order valence-electron chi connectivity index (χ0n) is 27.0. The van der Waals surface area contributed by atoms with Gasteiger partial charge in [0.15, 0.2) is 0 Å². The Morgan fingerprint density at radius 3 is 1.27 bits per heavy atom. The molecule has 0 amide bonds. The Balaban J connectivity index is 1.61. The van der Waals surface area contributed by atoms with Crippen molar-refractivity contribution in [1.29, 1.82) is 0 Å². The summed E-state index contributed by atoms with van der Waals surface area (Å²) in [5.74, 6) is -0.870. The van der Waals surface area contributed by atoms with E-state index in [1.165, 1.54) is 0 Å². The number of rotatable bonds is 12. The molecule has 0 spiro atoms. The molecule has 0 saturated carbocycles. The topological polar surface area (TPSA) is 52.6 Å². The Morgan fingerprint density at radius 2 is 0.878 bits per heavy atom. The summed E-state index contributed by atoms with van der Waals surface area (Å²) in [6, 6.07) is 54.3. The predicted molar refractivity (Wildman–Crippen MR) is 204 cm³/mol. The van der Waals surface area contributed by atoms with Crippen molar-refractivity contribution in [2.45, 2.75) is 9.79 Å². The molecule has 0 aliphatic heterocycles. The van der Waals surface area contributed by atoms with Crippen molar-refractivity contribution in [2.24, 2.45) is 0 Å². The zero-order chi connectivity index (χ0) is 34.1. The van der Waals surface area contributed by atoms with Crippen molar-refractivity contribution in [3.05, 3.63) is 205 Å². The van der Waals surface area contributed by atoms with Gasteiger partial charge in [-0.05, 0) is 0 Å². The van der Waals surface area contributed by atoms with Crippen molar-refractivity contribution < 1.29 is 16.8 Å². The molecule has 0 unspecified atom stereocenters. The van der Waals surface area contributed by atoms with E-state index in [9.17, 15) is 9.59 Å². The first-order chi connectivity index (χ1) is 24.0. The first-order valence-electron chi connectivity index (χ1n) is 15.9. The zero-order valence-corrected chi connectivity index (χ0v) is 30.7. The fraction of sp³-hybridized carbons (Fsp3) is 0.0233. The quantitative estimate of drug-likeness (QED) is 0.117. The van der Waals surface area contributed by atoms with E-state index in [0.29, 0.717) is 14.9 Å². The average molecular weight is 768 g/mol. The summed E-state index contributed by atoms with van der Waals surface area (Å²) in [6.45, 7) is 7.69. The second-order valence-electron chi connectivity index (χ2n) is 11.4. The molecule has 0 radical (unpaired) electrons. The molecule has 0 fully saturated rings. The van der Waals surface area contributed by atoms with Gasteiger partial charge in [0, 0.05) is 0 Å². The summed E-state index contributed by atoms with van der Waals surface area (Å²) in [7, 11) is -2.68. The molecule has 6 aromatic carbocycles. The van der Waals surface area contributed by atoms with Gasteiger partial charge >= 0.3 is 296 Å². The van der Waals surface area contributed by atoms with Crippen LogP contribution in [0.2, 0.25) is 0 Å². The summed E-state index contributed by atoms with van der Waals surface area (Å²) in [5.41, 5.74) is 2.67. The predicted octanol–water partition coefficient (Wildman–Crippen LogP) is 9.12. The molecule has 0 heterocycles. The van der Waals surface area contributed by atoms with Gasteiger partial charge < -0.3 is 0 Å². The second kappa shape index (κ2) is 15.4. The third kappa shape index (κ3) is 7.33. The van der Waals surface area contributed by atoms with E-state index in [1.54, 1.807) is 36.4 Å². The van der Waals surface area contributed by atoms with Crippen LogP contribution >= 0.6 is 10.3 Å². The number of carbonyl (C=O) groups is 2. The number of hydrogen-bond donors (Lipinski definition) is 0. The molecule has 0 atom stereocenters. The van der Waals surface area contributed by atoms with Crippen LogP contribution in [0.15, 0.2) is 193 Å². The van der Waals surface area contributed by atoms with Crippen LogP contribution in [0.3, 0.4) is 0 Å². The number of benzene rings is 6.